The van der Waals surface area contributed by atoms with Crippen LogP contribution in [-0.2, 0) is 6.54 Å². The first kappa shape index (κ1) is 17.7. The molecule has 0 saturated carbocycles. The fraction of sp³-hybridized carbons (Fsp3) is 0.136. The van der Waals surface area contributed by atoms with E-state index >= 15 is 0 Å². The van der Waals surface area contributed by atoms with Gasteiger partial charge in [-0.2, -0.15) is 0 Å². The molecule has 1 N–H and O–H groups in total. The molecule has 2 aromatic heterocycles. The van der Waals surface area contributed by atoms with Gasteiger partial charge in [0.15, 0.2) is 0 Å². The van der Waals surface area contributed by atoms with E-state index in [1.165, 1.54) is 10.6 Å². The van der Waals surface area contributed by atoms with Crippen molar-refractivity contribution in [3.8, 4) is 5.75 Å². The van der Waals surface area contributed by atoms with Crippen molar-refractivity contribution in [2.75, 3.05) is 6.61 Å². The second kappa shape index (κ2) is 7.52. The number of ether oxygens (including phenoxy) is 1. The molecule has 4 rings (SSSR count). The minimum atomic E-state index is -0.270. The van der Waals surface area contributed by atoms with E-state index in [1.807, 2.05) is 37.3 Å². The highest BCUT2D eigenvalue weighted by Crippen LogP contribution is 2.18. The SMILES string of the molecule is CCOc1ccccc1CNC(=O)c1ccc2nc3ccccc3c(=O)n2c1. The first-order valence-corrected chi connectivity index (χ1v) is 9.07. The van der Waals surface area contributed by atoms with Crippen LogP contribution in [0.1, 0.15) is 22.8 Å². The summed E-state index contributed by atoms with van der Waals surface area (Å²) in [5, 5.41) is 3.40. The minimum Gasteiger partial charge on any atom is -0.494 e. The summed E-state index contributed by atoms with van der Waals surface area (Å²) in [7, 11) is 0. The molecule has 0 aliphatic rings. The largest absolute Gasteiger partial charge is 0.494 e. The molecule has 2 heterocycles. The van der Waals surface area contributed by atoms with Crippen LogP contribution in [0, 0.1) is 0 Å². The van der Waals surface area contributed by atoms with Crippen LogP contribution in [-0.4, -0.2) is 21.9 Å². The zero-order chi connectivity index (χ0) is 19.5. The smallest absolute Gasteiger partial charge is 0.265 e. The number of hydrogen-bond donors (Lipinski definition) is 1. The minimum absolute atomic E-state index is 0.197. The van der Waals surface area contributed by atoms with E-state index in [2.05, 4.69) is 10.3 Å². The number of hydrogen-bond acceptors (Lipinski definition) is 4. The quantitative estimate of drug-likeness (QED) is 0.546. The molecule has 0 aliphatic carbocycles. The Morgan fingerprint density at radius 2 is 1.86 bits per heavy atom. The van der Waals surface area contributed by atoms with E-state index in [4.69, 9.17) is 4.74 Å². The van der Waals surface area contributed by atoms with Crippen molar-refractivity contribution in [1.82, 2.24) is 14.7 Å². The number of nitrogens with one attached hydrogen (secondary N) is 1. The van der Waals surface area contributed by atoms with E-state index in [0.29, 0.717) is 35.3 Å². The maximum absolute atomic E-state index is 12.7. The molecule has 6 nitrogen and oxygen atoms in total. The van der Waals surface area contributed by atoms with Crippen molar-refractivity contribution in [2.24, 2.45) is 0 Å². The third-order valence-electron chi connectivity index (χ3n) is 4.49. The zero-order valence-corrected chi connectivity index (χ0v) is 15.4. The van der Waals surface area contributed by atoms with Crippen molar-refractivity contribution in [3.05, 3.63) is 88.3 Å². The highest BCUT2D eigenvalue weighted by molar-refractivity contribution is 5.94. The van der Waals surface area contributed by atoms with Gasteiger partial charge in [0.2, 0.25) is 0 Å². The molecule has 0 radical (unpaired) electrons. The number of rotatable bonds is 5. The van der Waals surface area contributed by atoms with E-state index in [9.17, 15) is 9.59 Å². The lowest BCUT2D eigenvalue weighted by molar-refractivity contribution is 0.0950. The standard InChI is InChI=1S/C22H19N3O3/c1-2-28-19-10-6-3-7-15(19)13-23-21(26)16-11-12-20-24-18-9-5-4-8-17(18)22(27)25(20)14-16/h3-12,14H,2,13H2,1H3,(H,23,26). The van der Waals surface area contributed by atoms with Crippen LogP contribution in [0.3, 0.4) is 0 Å². The summed E-state index contributed by atoms with van der Waals surface area (Å²) in [5.41, 5.74) is 2.22. The Kier molecular flexibility index (Phi) is 4.76. The summed E-state index contributed by atoms with van der Waals surface area (Å²) in [6, 6.07) is 18.1. The fourth-order valence-corrected chi connectivity index (χ4v) is 3.11. The third-order valence-corrected chi connectivity index (χ3v) is 4.49. The van der Waals surface area contributed by atoms with Gasteiger partial charge < -0.3 is 10.1 Å². The molecular weight excluding hydrogens is 354 g/mol. The highest BCUT2D eigenvalue weighted by Gasteiger charge is 2.11. The lowest BCUT2D eigenvalue weighted by atomic mass is 10.2. The average Bonchev–Trinajstić information content (AvgIpc) is 2.73. The highest BCUT2D eigenvalue weighted by atomic mass is 16.5. The maximum atomic E-state index is 12.7. The number of pyridine rings is 1. The summed E-state index contributed by atoms with van der Waals surface area (Å²) in [4.78, 5) is 29.8. The zero-order valence-electron chi connectivity index (χ0n) is 15.4. The molecule has 0 unspecified atom stereocenters. The van der Waals surface area contributed by atoms with Crippen LogP contribution in [0.5, 0.6) is 5.75 Å². The number of carbonyl (C=O) groups is 1. The van der Waals surface area contributed by atoms with Gasteiger partial charge in [0, 0.05) is 18.3 Å². The third kappa shape index (κ3) is 3.32. The predicted molar refractivity (Wildman–Crippen MR) is 108 cm³/mol. The van der Waals surface area contributed by atoms with Crippen molar-refractivity contribution in [3.63, 3.8) is 0 Å². The lowest BCUT2D eigenvalue weighted by Crippen LogP contribution is -2.24. The van der Waals surface area contributed by atoms with Crippen molar-refractivity contribution in [1.29, 1.82) is 0 Å². The summed E-state index contributed by atoms with van der Waals surface area (Å²) >= 11 is 0. The number of carbonyl (C=O) groups excluding carboxylic acids is 1. The first-order valence-electron chi connectivity index (χ1n) is 9.07. The monoisotopic (exact) mass is 373 g/mol. The van der Waals surface area contributed by atoms with Crippen LogP contribution in [0.4, 0.5) is 0 Å². The fourth-order valence-electron chi connectivity index (χ4n) is 3.11. The summed E-state index contributed by atoms with van der Waals surface area (Å²) in [6.07, 6.45) is 1.53. The van der Waals surface area contributed by atoms with Crippen LogP contribution in [0.15, 0.2) is 71.7 Å². The molecule has 0 aliphatic heterocycles. The number of amides is 1. The van der Waals surface area contributed by atoms with E-state index in [-0.39, 0.29) is 11.5 Å². The summed E-state index contributed by atoms with van der Waals surface area (Å²) < 4.78 is 6.99. The van der Waals surface area contributed by atoms with Crippen LogP contribution < -0.4 is 15.6 Å². The van der Waals surface area contributed by atoms with Crippen LogP contribution in [0.2, 0.25) is 0 Å². The topological polar surface area (TPSA) is 72.7 Å². The Hall–Kier alpha value is -3.67. The number of para-hydroxylation sites is 2. The Balaban J connectivity index is 1.62. The van der Waals surface area contributed by atoms with E-state index < -0.39 is 0 Å². The number of fused-ring (bicyclic) bond motifs is 2. The number of aromatic nitrogens is 2. The first-order chi connectivity index (χ1) is 13.7. The van der Waals surface area contributed by atoms with E-state index in [0.717, 1.165) is 11.3 Å². The van der Waals surface area contributed by atoms with Gasteiger partial charge >= 0.3 is 0 Å². The molecule has 4 aromatic rings. The molecule has 0 atom stereocenters. The molecule has 0 saturated heterocycles. The van der Waals surface area contributed by atoms with Crippen molar-refractivity contribution >= 4 is 22.5 Å². The molecule has 2 aromatic carbocycles. The second-order valence-corrected chi connectivity index (χ2v) is 6.30. The Morgan fingerprint density at radius 3 is 2.71 bits per heavy atom. The Labute approximate surface area is 161 Å². The van der Waals surface area contributed by atoms with Gasteiger partial charge in [-0.05, 0) is 37.3 Å². The molecule has 0 bridgehead atoms. The summed E-state index contributed by atoms with van der Waals surface area (Å²) in [6.45, 7) is 2.80. The van der Waals surface area contributed by atoms with Gasteiger partial charge in [-0.25, -0.2) is 4.98 Å². The van der Waals surface area contributed by atoms with Crippen LogP contribution in [0.25, 0.3) is 16.6 Å². The number of benzene rings is 2. The van der Waals surface area contributed by atoms with Crippen LogP contribution >= 0.6 is 0 Å². The number of nitrogens with zero attached hydrogens (tertiary/aromatic N) is 2. The molecule has 0 fully saturated rings. The summed E-state index contributed by atoms with van der Waals surface area (Å²) in [5.74, 6) is 0.476. The van der Waals surface area contributed by atoms with Gasteiger partial charge in [0.05, 0.1) is 23.1 Å². The normalized spacial score (nSPS) is 10.9. The Morgan fingerprint density at radius 1 is 1.07 bits per heavy atom. The maximum Gasteiger partial charge on any atom is 0.265 e. The molecular formula is C22H19N3O3. The van der Waals surface area contributed by atoms with Gasteiger partial charge in [-0.3, -0.25) is 14.0 Å². The lowest BCUT2D eigenvalue weighted by Gasteiger charge is -2.11. The van der Waals surface area contributed by atoms with Gasteiger partial charge in [0.1, 0.15) is 11.4 Å². The Bertz CT molecular complexity index is 1230. The van der Waals surface area contributed by atoms with Crippen molar-refractivity contribution in [2.45, 2.75) is 13.5 Å². The van der Waals surface area contributed by atoms with E-state index in [1.54, 1.807) is 30.3 Å². The second-order valence-electron chi connectivity index (χ2n) is 6.30. The predicted octanol–water partition coefficient (Wildman–Crippen LogP) is 3.18. The van der Waals surface area contributed by atoms with Crippen molar-refractivity contribution < 1.29 is 9.53 Å². The van der Waals surface area contributed by atoms with Gasteiger partial charge in [-0.1, -0.05) is 30.3 Å². The average molecular weight is 373 g/mol. The molecule has 1 amide bonds. The molecule has 0 spiro atoms. The molecule has 6 heteroatoms. The molecule has 140 valence electrons. The van der Waals surface area contributed by atoms with Gasteiger partial charge in [0.25, 0.3) is 11.5 Å². The van der Waals surface area contributed by atoms with Gasteiger partial charge in [-0.15, -0.1) is 0 Å². The molecule has 28 heavy (non-hydrogen) atoms.